The molecule has 0 bridgehead atoms. The summed E-state index contributed by atoms with van der Waals surface area (Å²) >= 11 is 0. The van der Waals surface area contributed by atoms with E-state index in [1.165, 1.54) is 31.2 Å². The van der Waals surface area contributed by atoms with E-state index in [4.69, 9.17) is 4.84 Å². The molecule has 1 aromatic rings. The van der Waals surface area contributed by atoms with Gasteiger partial charge in [0.05, 0.1) is 18.7 Å². The van der Waals surface area contributed by atoms with Crippen molar-refractivity contribution in [1.82, 2.24) is 0 Å². The highest BCUT2D eigenvalue weighted by Gasteiger charge is 2.44. The number of nitrogens with zero attached hydrogens (tertiary/aromatic N) is 1. The first-order valence-electron chi connectivity index (χ1n) is 6.46. The van der Waals surface area contributed by atoms with Crippen LogP contribution in [0.1, 0.15) is 25.3 Å². The first-order chi connectivity index (χ1) is 9.92. The fraction of sp³-hybridized carbons (Fsp3) is 0.429. The summed E-state index contributed by atoms with van der Waals surface area (Å²) in [5, 5.41) is 3.72. The maximum atomic E-state index is 13.6. The van der Waals surface area contributed by atoms with E-state index in [2.05, 4.69) is 9.89 Å². The van der Waals surface area contributed by atoms with Gasteiger partial charge in [-0.2, -0.15) is 8.78 Å². The Morgan fingerprint density at radius 2 is 2.10 bits per heavy atom. The van der Waals surface area contributed by atoms with E-state index in [-0.39, 0.29) is 13.0 Å². The van der Waals surface area contributed by atoms with Crippen molar-refractivity contribution in [3.05, 3.63) is 35.6 Å². The number of rotatable bonds is 5. The predicted molar refractivity (Wildman–Crippen MR) is 68.6 cm³/mol. The van der Waals surface area contributed by atoms with Crippen LogP contribution in [0.5, 0.6) is 0 Å². The van der Waals surface area contributed by atoms with Crippen LogP contribution in [0.15, 0.2) is 29.4 Å². The molecular weight excluding hydrogens is 287 g/mol. The van der Waals surface area contributed by atoms with Gasteiger partial charge < -0.3 is 9.57 Å². The molecule has 1 aliphatic rings. The number of hydrogen-bond donors (Lipinski definition) is 0. The molecule has 1 unspecified atom stereocenters. The van der Waals surface area contributed by atoms with Crippen LogP contribution in [-0.4, -0.2) is 30.3 Å². The van der Waals surface area contributed by atoms with Crippen molar-refractivity contribution in [2.45, 2.75) is 31.8 Å². The van der Waals surface area contributed by atoms with Crippen molar-refractivity contribution in [3.8, 4) is 0 Å². The second-order valence-corrected chi connectivity index (χ2v) is 4.61. The lowest BCUT2D eigenvalue weighted by Gasteiger charge is -2.17. The van der Waals surface area contributed by atoms with E-state index in [0.717, 1.165) is 0 Å². The largest absolute Gasteiger partial charge is 0.462 e. The van der Waals surface area contributed by atoms with Crippen LogP contribution < -0.4 is 0 Å². The van der Waals surface area contributed by atoms with Gasteiger partial charge in [0.2, 0.25) is 0 Å². The van der Waals surface area contributed by atoms with E-state index < -0.39 is 30.2 Å². The highest BCUT2D eigenvalue weighted by Crippen LogP contribution is 2.28. The third kappa shape index (κ3) is 3.74. The number of carbonyl (C=O) groups excluding carboxylic acids is 1. The molecule has 0 N–H and O–H groups in total. The van der Waals surface area contributed by atoms with Gasteiger partial charge in [-0.3, -0.25) is 0 Å². The second kappa shape index (κ2) is 6.15. The summed E-state index contributed by atoms with van der Waals surface area (Å²) in [6.45, 7) is 1.34. The molecule has 1 aromatic carbocycles. The lowest BCUT2D eigenvalue weighted by atomic mass is 10.0. The third-order valence-electron chi connectivity index (χ3n) is 2.97. The Morgan fingerprint density at radius 1 is 1.43 bits per heavy atom. The third-order valence-corrected chi connectivity index (χ3v) is 2.97. The second-order valence-electron chi connectivity index (χ2n) is 4.61. The monoisotopic (exact) mass is 301 g/mol. The standard InChI is InChI=1S/C14H14F3NO3/c1-2-20-13(19)14(16,17)8-11-7-12(18-21-11)9-3-5-10(15)6-4-9/h3-6,11H,2,7-8H2,1H3. The van der Waals surface area contributed by atoms with Crippen LogP contribution in [0.3, 0.4) is 0 Å². The normalized spacial score (nSPS) is 18.1. The zero-order chi connectivity index (χ0) is 15.5. The average molecular weight is 301 g/mol. The van der Waals surface area contributed by atoms with Gasteiger partial charge in [-0.25, -0.2) is 9.18 Å². The number of alkyl halides is 2. The lowest BCUT2D eigenvalue weighted by Crippen LogP contribution is -2.35. The smallest absolute Gasteiger partial charge is 0.377 e. The Hall–Kier alpha value is -2.05. The Labute approximate surface area is 119 Å². The molecule has 114 valence electrons. The molecule has 2 rings (SSSR count). The predicted octanol–water partition coefficient (Wildman–Crippen LogP) is 2.91. The number of halogens is 3. The molecule has 21 heavy (non-hydrogen) atoms. The molecule has 1 atom stereocenters. The van der Waals surface area contributed by atoms with Crippen LogP contribution in [0.2, 0.25) is 0 Å². The van der Waals surface area contributed by atoms with Crippen LogP contribution >= 0.6 is 0 Å². The van der Waals surface area contributed by atoms with Crippen molar-refractivity contribution in [2.24, 2.45) is 5.16 Å². The van der Waals surface area contributed by atoms with Gasteiger partial charge >= 0.3 is 11.9 Å². The van der Waals surface area contributed by atoms with Gasteiger partial charge in [-0.15, -0.1) is 0 Å². The minimum absolute atomic E-state index is 0.114. The number of benzene rings is 1. The van der Waals surface area contributed by atoms with Gasteiger partial charge in [0.1, 0.15) is 11.9 Å². The van der Waals surface area contributed by atoms with E-state index in [1.54, 1.807) is 0 Å². The Morgan fingerprint density at radius 3 is 2.71 bits per heavy atom. The first kappa shape index (κ1) is 15.3. The summed E-state index contributed by atoms with van der Waals surface area (Å²) in [4.78, 5) is 16.1. The van der Waals surface area contributed by atoms with Crippen molar-refractivity contribution >= 4 is 11.7 Å². The van der Waals surface area contributed by atoms with Crippen LogP contribution in [0.4, 0.5) is 13.2 Å². The summed E-state index contributed by atoms with van der Waals surface area (Å²) in [6.07, 6.45) is -1.59. The highest BCUT2D eigenvalue weighted by atomic mass is 19.3. The molecule has 0 radical (unpaired) electrons. The summed E-state index contributed by atoms with van der Waals surface area (Å²) < 4.78 is 44.3. The van der Waals surface area contributed by atoms with E-state index in [1.807, 2.05) is 0 Å². The maximum absolute atomic E-state index is 13.6. The van der Waals surface area contributed by atoms with Crippen molar-refractivity contribution < 1.29 is 27.5 Å². The molecule has 0 amide bonds. The zero-order valence-corrected chi connectivity index (χ0v) is 11.3. The van der Waals surface area contributed by atoms with Crippen molar-refractivity contribution in [1.29, 1.82) is 0 Å². The molecule has 1 aliphatic heterocycles. The maximum Gasteiger partial charge on any atom is 0.377 e. The zero-order valence-electron chi connectivity index (χ0n) is 11.3. The molecule has 0 saturated heterocycles. The van der Waals surface area contributed by atoms with Crippen molar-refractivity contribution in [2.75, 3.05) is 6.61 Å². The Balaban J connectivity index is 1.95. The molecular formula is C14H14F3NO3. The number of carbonyl (C=O) groups is 1. The minimum Gasteiger partial charge on any atom is -0.462 e. The van der Waals surface area contributed by atoms with Crippen LogP contribution in [-0.2, 0) is 14.4 Å². The molecule has 0 aliphatic carbocycles. The lowest BCUT2D eigenvalue weighted by molar-refractivity contribution is -0.176. The molecule has 1 heterocycles. The summed E-state index contributed by atoms with van der Waals surface area (Å²) in [5.41, 5.74) is 1.04. The summed E-state index contributed by atoms with van der Waals surface area (Å²) in [6, 6.07) is 5.48. The SMILES string of the molecule is CCOC(=O)C(F)(F)CC1CC(c2ccc(F)cc2)=NO1. The van der Waals surface area contributed by atoms with Gasteiger partial charge in [0.25, 0.3) is 0 Å². The molecule has 0 saturated carbocycles. The molecule has 0 spiro atoms. The quantitative estimate of drug-likeness (QED) is 0.786. The highest BCUT2D eigenvalue weighted by molar-refractivity contribution is 6.01. The number of ether oxygens (including phenoxy) is 1. The minimum atomic E-state index is -3.62. The fourth-order valence-electron chi connectivity index (χ4n) is 1.96. The fourth-order valence-corrected chi connectivity index (χ4v) is 1.96. The number of esters is 1. The molecule has 0 fully saturated rings. The molecule has 4 nitrogen and oxygen atoms in total. The Bertz CT molecular complexity index is 543. The summed E-state index contributed by atoms with van der Waals surface area (Å²) in [7, 11) is 0. The summed E-state index contributed by atoms with van der Waals surface area (Å²) in [5.74, 6) is -5.58. The van der Waals surface area contributed by atoms with E-state index in [0.29, 0.717) is 11.3 Å². The average Bonchev–Trinajstić information content (AvgIpc) is 2.87. The Kier molecular flexibility index (Phi) is 4.50. The first-order valence-corrected chi connectivity index (χ1v) is 6.46. The van der Waals surface area contributed by atoms with Crippen LogP contribution in [0, 0.1) is 5.82 Å². The molecule has 0 aromatic heterocycles. The topological polar surface area (TPSA) is 47.9 Å². The van der Waals surface area contributed by atoms with Gasteiger partial charge in [0.15, 0.2) is 0 Å². The van der Waals surface area contributed by atoms with E-state index >= 15 is 0 Å². The van der Waals surface area contributed by atoms with E-state index in [9.17, 15) is 18.0 Å². The van der Waals surface area contributed by atoms with Crippen LogP contribution in [0.25, 0.3) is 0 Å². The number of hydrogen-bond acceptors (Lipinski definition) is 4. The van der Waals surface area contributed by atoms with Crippen molar-refractivity contribution in [3.63, 3.8) is 0 Å². The van der Waals surface area contributed by atoms with Gasteiger partial charge in [0, 0.05) is 6.42 Å². The molecule has 7 heteroatoms. The van der Waals surface area contributed by atoms with Gasteiger partial charge in [-0.1, -0.05) is 17.3 Å². The number of oxime groups is 1. The van der Waals surface area contributed by atoms with Gasteiger partial charge in [-0.05, 0) is 24.6 Å².